The van der Waals surface area contributed by atoms with Crippen LogP contribution in [0, 0.1) is 11.8 Å². The predicted molar refractivity (Wildman–Crippen MR) is 51.3 cm³/mol. The van der Waals surface area contributed by atoms with Gasteiger partial charge in [-0.15, -0.1) is 0 Å². The molecule has 12 heavy (non-hydrogen) atoms. The van der Waals surface area contributed by atoms with Gasteiger partial charge in [-0.3, -0.25) is 0 Å². The van der Waals surface area contributed by atoms with Crippen molar-refractivity contribution in [3.63, 3.8) is 0 Å². The Balaban J connectivity index is 2.16. The molecule has 0 saturated carbocycles. The van der Waals surface area contributed by atoms with Crippen molar-refractivity contribution in [2.24, 2.45) is 11.8 Å². The lowest BCUT2D eigenvalue weighted by atomic mass is 10.1. The predicted octanol–water partition coefficient (Wildman–Crippen LogP) is 1.61. The van der Waals surface area contributed by atoms with Crippen molar-refractivity contribution in [1.82, 2.24) is 4.90 Å². The van der Waals surface area contributed by atoms with Crippen molar-refractivity contribution in [3.05, 3.63) is 0 Å². The van der Waals surface area contributed by atoms with Crippen LogP contribution in [0.2, 0.25) is 0 Å². The van der Waals surface area contributed by atoms with E-state index in [1.165, 1.54) is 26.1 Å². The minimum Gasteiger partial charge on any atom is -0.384 e. The smallest absolute Gasteiger partial charge is 0.0503 e. The molecule has 0 radical (unpaired) electrons. The van der Waals surface area contributed by atoms with E-state index in [2.05, 4.69) is 18.7 Å². The first kappa shape index (κ1) is 10.0. The topological polar surface area (TPSA) is 12.5 Å². The summed E-state index contributed by atoms with van der Waals surface area (Å²) in [5, 5.41) is 0. The summed E-state index contributed by atoms with van der Waals surface area (Å²) < 4.78 is 5.15. The molecular weight excluding hydrogens is 150 g/mol. The standard InChI is InChI=1S/C10H21NO/c1-9(2)6-11-5-4-10(7-11)8-12-3/h9-10H,4-8H2,1-3H3/t10-/m1/s1. The summed E-state index contributed by atoms with van der Waals surface area (Å²) in [5.41, 5.74) is 0. The molecule has 0 aromatic carbocycles. The highest BCUT2D eigenvalue weighted by molar-refractivity contribution is 4.75. The number of hydrogen-bond donors (Lipinski definition) is 0. The zero-order valence-corrected chi connectivity index (χ0v) is 8.55. The van der Waals surface area contributed by atoms with Crippen molar-refractivity contribution >= 4 is 0 Å². The van der Waals surface area contributed by atoms with Gasteiger partial charge in [-0.25, -0.2) is 0 Å². The minimum atomic E-state index is 0.786. The molecule has 0 aromatic rings. The number of likely N-dealkylation sites (tertiary alicyclic amines) is 1. The van der Waals surface area contributed by atoms with Crippen molar-refractivity contribution in [2.75, 3.05) is 33.4 Å². The first-order chi connectivity index (χ1) is 5.72. The molecule has 0 unspecified atom stereocenters. The van der Waals surface area contributed by atoms with Crippen LogP contribution in [-0.2, 0) is 4.74 Å². The van der Waals surface area contributed by atoms with Crippen LogP contribution < -0.4 is 0 Å². The number of hydrogen-bond acceptors (Lipinski definition) is 2. The molecule has 0 spiro atoms. The van der Waals surface area contributed by atoms with E-state index in [4.69, 9.17) is 4.74 Å². The zero-order chi connectivity index (χ0) is 8.97. The molecule has 1 aliphatic rings. The summed E-state index contributed by atoms with van der Waals surface area (Å²) in [6, 6.07) is 0. The fraction of sp³-hybridized carbons (Fsp3) is 1.00. The van der Waals surface area contributed by atoms with Gasteiger partial charge in [0.2, 0.25) is 0 Å². The van der Waals surface area contributed by atoms with E-state index in [0.717, 1.165) is 18.4 Å². The highest BCUT2D eigenvalue weighted by atomic mass is 16.5. The summed E-state index contributed by atoms with van der Waals surface area (Å²) in [4.78, 5) is 2.55. The molecule has 1 atom stereocenters. The molecule has 1 aliphatic heterocycles. The minimum absolute atomic E-state index is 0.786. The van der Waals surface area contributed by atoms with Gasteiger partial charge >= 0.3 is 0 Å². The first-order valence-electron chi connectivity index (χ1n) is 4.93. The molecule has 0 bridgehead atoms. The number of rotatable bonds is 4. The van der Waals surface area contributed by atoms with Gasteiger partial charge < -0.3 is 9.64 Å². The van der Waals surface area contributed by atoms with Gasteiger partial charge in [0.05, 0.1) is 6.61 Å². The van der Waals surface area contributed by atoms with Crippen molar-refractivity contribution in [3.8, 4) is 0 Å². The van der Waals surface area contributed by atoms with E-state index < -0.39 is 0 Å². The third-order valence-corrected chi connectivity index (χ3v) is 2.40. The van der Waals surface area contributed by atoms with Crippen LogP contribution in [-0.4, -0.2) is 38.3 Å². The highest BCUT2D eigenvalue weighted by Gasteiger charge is 2.22. The molecule has 0 amide bonds. The van der Waals surface area contributed by atoms with E-state index in [0.29, 0.717) is 0 Å². The van der Waals surface area contributed by atoms with Gasteiger partial charge in [-0.2, -0.15) is 0 Å². The second kappa shape index (κ2) is 4.83. The van der Waals surface area contributed by atoms with Crippen LogP contribution in [0.15, 0.2) is 0 Å². The van der Waals surface area contributed by atoms with Gasteiger partial charge in [0.25, 0.3) is 0 Å². The number of nitrogens with zero attached hydrogens (tertiary/aromatic N) is 1. The molecule has 72 valence electrons. The van der Waals surface area contributed by atoms with Crippen LogP contribution >= 0.6 is 0 Å². The Bertz CT molecular complexity index is 125. The van der Waals surface area contributed by atoms with E-state index in [1.54, 1.807) is 7.11 Å². The van der Waals surface area contributed by atoms with Gasteiger partial charge in [0.1, 0.15) is 0 Å². The van der Waals surface area contributed by atoms with E-state index in [-0.39, 0.29) is 0 Å². The Kier molecular flexibility index (Phi) is 4.02. The fourth-order valence-corrected chi connectivity index (χ4v) is 1.97. The Labute approximate surface area is 75.9 Å². The maximum atomic E-state index is 5.15. The molecule has 0 aromatic heterocycles. The van der Waals surface area contributed by atoms with Crippen LogP contribution in [0.1, 0.15) is 20.3 Å². The molecular formula is C10H21NO. The van der Waals surface area contributed by atoms with E-state index >= 15 is 0 Å². The normalized spacial score (nSPS) is 25.5. The lowest BCUT2D eigenvalue weighted by molar-refractivity contribution is 0.152. The molecule has 2 heteroatoms. The average Bonchev–Trinajstić information content (AvgIpc) is 2.36. The van der Waals surface area contributed by atoms with Gasteiger partial charge in [0.15, 0.2) is 0 Å². The van der Waals surface area contributed by atoms with E-state index in [1.807, 2.05) is 0 Å². The van der Waals surface area contributed by atoms with Gasteiger partial charge in [-0.05, 0) is 24.8 Å². The lowest BCUT2D eigenvalue weighted by Crippen LogP contribution is -2.25. The van der Waals surface area contributed by atoms with Gasteiger partial charge in [0, 0.05) is 20.2 Å². The average molecular weight is 171 g/mol. The second-order valence-corrected chi connectivity index (χ2v) is 4.26. The summed E-state index contributed by atoms with van der Waals surface area (Å²) in [6.07, 6.45) is 1.32. The van der Waals surface area contributed by atoms with E-state index in [9.17, 15) is 0 Å². The molecule has 1 saturated heterocycles. The quantitative estimate of drug-likeness (QED) is 0.637. The number of methoxy groups -OCH3 is 1. The Hall–Kier alpha value is -0.0800. The summed E-state index contributed by atoms with van der Waals surface area (Å²) in [6.45, 7) is 9.26. The first-order valence-corrected chi connectivity index (χ1v) is 4.93. The molecule has 0 N–H and O–H groups in total. The Morgan fingerprint density at radius 2 is 2.25 bits per heavy atom. The van der Waals surface area contributed by atoms with Crippen LogP contribution in [0.4, 0.5) is 0 Å². The van der Waals surface area contributed by atoms with Crippen molar-refractivity contribution in [2.45, 2.75) is 20.3 Å². The Morgan fingerprint density at radius 3 is 2.83 bits per heavy atom. The van der Waals surface area contributed by atoms with Gasteiger partial charge in [-0.1, -0.05) is 13.8 Å². The van der Waals surface area contributed by atoms with Crippen molar-refractivity contribution in [1.29, 1.82) is 0 Å². The van der Waals surface area contributed by atoms with Crippen LogP contribution in [0.3, 0.4) is 0 Å². The maximum Gasteiger partial charge on any atom is 0.0503 e. The number of ether oxygens (including phenoxy) is 1. The Morgan fingerprint density at radius 1 is 1.50 bits per heavy atom. The maximum absolute atomic E-state index is 5.15. The molecule has 0 aliphatic carbocycles. The zero-order valence-electron chi connectivity index (χ0n) is 8.55. The third-order valence-electron chi connectivity index (χ3n) is 2.40. The molecule has 1 fully saturated rings. The van der Waals surface area contributed by atoms with Crippen molar-refractivity contribution < 1.29 is 4.74 Å². The second-order valence-electron chi connectivity index (χ2n) is 4.26. The summed E-state index contributed by atoms with van der Waals surface area (Å²) >= 11 is 0. The highest BCUT2D eigenvalue weighted by Crippen LogP contribution is 2.17. The molecule has 2 nitrogen and oxygen atoms in total. The van der Waals surface area contributed by atoms with Crippen LogP contribution in [0.5, 0.6) is 0 Å². The SMILES string of the molecule is COC[C@@H]1CCN(CC(C)C)C1. The molecule has 1 heterocycles. The fourth-order valence-electron chi connectivity index (χ4n) is 1.97. The largest absolute Gasteiger partial charge is 0.384 e. The summed E-state index contributed by atoms with van der Waals surface area (Å²) in [5.74, 6) is 1.58. The summed E-state index contributed by atoms with van der Waals surface area (Å²) in [7, 11) is 1.80. The molecule has 1 rings (SSSR count). The lowest BCUT2D eigenvalue weighted by Gasteiger charge is -2.17. The van der Waals surface area contributed by atoms with Crippen LogP contribution in [0.25, 0.3) is 0 Å². The third kappa shape index (κ3) is 3.11. The monoisotopic (exact) mass is 171 g/mol.